The van der Waals surface area contributed by atoms with Gasteiger partial charge in [-0.25, -0.2) is 0 Å². The predicted molar refractivity (Wildman–Crippen MR) is 153 cm³/mol. The molecule has 0 aliphatic rings. The molecule has 0 aliphatic carbocycles. The Morgan fingerprint density at radius 2 is 0.939 bits per heavy atom. The summed E-state index contributed by atoms with van der Waals surface area (Å²) in [5.41, 5.74) is 13.9. The molecule has 4 unspecified atom stereocenters. The standard InChI is InChI=1S/C25H34Br4N2O2/c1-13(30)7-15(3)32-23-19(26)9-17(10-20(23)27)25(5,6)18-11-21(28)24(22(29)12-18)33-16(4)8-14(2)31/h9-16H,7-8,30-31H2,1-6H3. The molecule has 184 valence electrons. The van der Waals surface area contributed by atoms with Crippen LogP contribution < -0.4 is 20.9 Å². The van der Waals surface area contributed by atoms with Gasteiger partial charge in [-0.05, 0) is 140 Å². The van der Waals surface area contributed by atoms with Crippen LogP contribution in [-0.2, 0) is 5.41 Å². The maximum atomic E-state index is 6.16. The van der Waals surface area contributed by atoms with E-state index < -0.39 is 0 Å². The Balaban J connectivity index is 2.35. The second-order valence-electron chi connectivity index (χ2n) is 9.45. The van der Waals surface area contributed by atoms with Crippen molar-refractivity contribution >= 4 is 63.7 Å². The summed E-state index contributed by atoms with van der Waals surface area (Å²) < 4.78 is 15.9. The summed E-state index contributed by atoms with van der Waals surface area (Å²) in [5.74, 6) is 1.58. The second kappa shape index (κ2) is 12.2. The Bertz CT molecular complexity index is 842. The molecule has 0 fully saturated rings. The van der Waals surface area contributed by atoms with Crippen LogP contribution in [0, 0.1) is 0 Å². The van der Waals surface area contributed by atoms with Crippen LogP contribution in [0.5, 0.6) is 11.5 Å². The molecule has 0 aliphatic heterocycles. The molecule has 0 saturated carbocycles. The SMILES string of the molecule is CC(N)CC(C)Oc1c(Br)cc(C(C)(C)c2cc(Br)c(OC(C)CC(C)N)c(Br)c2)cc1Br. The molecule has 0 bridgehead atoms. The van der Waals surface area contributed by atoms with Gasteiger partial charge >= 0.3 is 0 Å². The van der Waals surface area contributed by atoms with E-state index in [1.807, 2.05) is 27.7 Å². The van der Waals surface area contributed by atoms with Gasteiger partial charge in [0.2, 0.25) is 0 Å². The van der Waals surface area contributed by atoms with Crippen LogP contribution >= 0.6 is 63.7 Å². The van der Waals surface area contributed by atoms with Crippen LogP contribution in [0.1, 0.15) is 65.5 Å². The third-order valence-corrected chi connectivity index (χ3v) is 7.84. The zero-order chi connectivity index (χ0) is 25.1. The number of benzene rings is 2. The molecule has 0 aromatic heterocycles. The number of rotatable bonds is 10. The lowest BCUT2D eigenvalue weighted by Gasteiger charge is -2.29. The average molecular weight is 714 g/mol. The minimum Gasteiger partial charge on any atom is -0.488 e. The van der Waals surface area contributed by atoms with E-state index in [1.165, 1.54) is 0 Å². The van der Waals surface area contributed by atoms with Gasteiger partial charge < -0.3 is 20.9 Å². The molecule has 8 heteroatoms. The van der Waals surface area contributed by atoms with Gasteiger partial charge in [-0.3, -0.25) is 0 Å². The molecule has 0 spiro atoms. The van der Waals surface area contributed by atoms with Crippen LogP contribution in [0.15, 0.2) is 42.2 Å². The van der Waals surface area contributed by atoms with Crippen molar-refractivity contribution in [3.8, 4) is 11.5 Å². The summed E-state index contributed by atoms with van der Waals surface area (Å²) >= 11 is 14.8. The van der Waals surface area contributed by atoms with Gasteiger partial charge in [0.15, 0.2) is 0 Å². The molecule has 2 rings (SSSR count). The molecule has 0 radical (unpaired) electrons. The van der Waals surface area contributed by atoms with Gasteiger partial charge in [0.25, 0.3) is 0 Å². The highest BCUT2D eigenvalue weighted by Gasteiger charge is 2.28. The van der Waals surface area contributed by atoms with E-state index in [9.17, 15) is 0 Å². The minimum absolute atomic E-state index is 0.0144. The number of halogens is 4. The Morgan fingerprint density at radius 3 is 1.18 bits per heavy atom. The molecule has 4 atom stereocenters. The molecule has 0 amide bonds. The second-order valence-corrected chi connectivity index (χ2v) is 12.9. The summed E-state index contributed by atoms with van der Waals surface area (Å²) in [6, 6.07) is 8.65. The highest BCUT2D eigenvalue weighted by Crippen LogP contribution is 2.44. The van der Waals surface area contributed by atoms with Crippen molar-refractivity contribution in [1.29, 1.82) is 0 Å². The van der Waals surface area contributed by atoms with Gasteiger partial charge in [0, 0.05) is 17.5 Å². The summed E-state index contributed by atoms with van der Waals surface area (Å²) in [5, 5.41) is 0. The largest absolute Gasteiger partial charge is 0.488 e. The zero-order valence-electron chi connectivity index (χ0n) is 20.0. The molecule has 4 nitrogen and oxygen atoms in total. The van der Waals surface area contributed by atoms with E-state index in [1.54, 1.807) is 0 Å². The predicted octanol–water partition coefficient (Wildman–Crippen LogP) is 8.07. The van der Waals surface area contributed by atoms with Crippen LogP contribution in [0.3, 0.4) is 0 Å². The number of nitrogens with two attached hydrogens (primary N) is 2. The van der Waals surface area contributed by atoms with Crippen molar-refractivity contribution in [1.82, 2.24) is 0 Å². The molecular formula is C25H34Br4N2O2. The zero-order valence-corrected chi connectivity index (χ0v) is 26.4. The number of hydrogen-bond acceptors (Lipinski definition) is 4. The van der Waals surface area contributed by atoms with Crippen molar-refractivity contribution in [2.45, 2.75) is 84.1 Å². The monoisotopic (exact) mass is 710 g/mol. The smallest absolute Gasteiger partial charge is 0.148 e. The Labute approximate surface area is 232 Å². The van der Waals surface area contributed by atoms with Crippen molar-refractivity contribution in [2.24, 2.45) is 11.5 Å². The van der Waals surface area contributed by atoms with Crippen molar-refractivity contribution in [3.63, 3.8) is 0 Å². The lowest BCUT2D eigenvalue weighted by atomic mass is 9.78. The molecule has 0 heterocycles. The Hall–Kier alpha value is -0.120. The maximum Gasteiger partial charge on any atom is 0.148 e. The van der Waals surface area contributed by atoms with Gasteiger partial charge in [0.05, 0.1) is 30.1 Å². The molecular weight excluding hydrogens is 680 g/mol. The molecule has 0 saturated heterocycles. The molecule has 2 aromatic rings. The fourth-order valence-electron chi connectivity index (χ4n) is 3.78. The maximum absolute atomic E-state index is 6.16. The van der Waals surface area contributed by atoms with Crippen LogP contribution in [0.2, 0.25) is 0 Å². The highest BCUT2D eigenvalue weighted by molar-refractivity contribution is 9.11. The fourth-order valence-corrected chi connectivity index (χ4v) is 6.53. The lowest BCUT2D eigenvalue weighted by Crippen LogP contribution is -2.25. The average Bonchev–Trinajstić information content (AvgIpc) is 2.66. The summed E-state index contributed by atoms with van der Waals surface area (Å²) in [6.07, 6.45) is 1.60. The quantitative estimate of drug-likeness (QED) is 0.261. The summed E-state index contributed by atoms with van der Waals surface area (Å²) in [4.78, 5) is 0. The van der Waals surface area contributed by atoms with E-state index in [4.69, 9.17) is 20.9 Å². The molecule has 4 N–H and O–H groups in total. The fraction of sp³-hybridized carbons (Fsp3) is 0.520. The van der Waals surface area contributed by atoms with Crippen molar-refractivity contribution in [2.75, 3.05) is 0 Å². The number of ether oxygens (including phenoxy) is 2. The molecule has 33 heavy (non-hydrogen) atoms. The number of hydrogen-bond donors (Lipinski definition) is 2. The topological polar surface area (TPSA) is 70.5 Å². The van der Waals surface area contributed by atoms with Gasteiger partial charge in [-0.1, -0.05) is 13.8 Å². The van der Waals surface area contributed by atoms with Crippen LogP contribution in [0.4, 0.5) is 0 Å². The van der Waals surface area contributed by atoms with Gasteiger partial charge in [0.1, 0.15) is 11.5 Å². The Kier molecular flexibility index (Phi) is 10.8. The van der Waals surface area contributed by atoms with E-state index in [0.717, 1.165) is 53.4 Å². The highest BCUT2D eigenvalue weighted by atomic mass is 79.9. The van der Waals surface area contributed by atoms with Crippen LogP contribution in [-0.4, -0.2) is 24.3 Å². The summed E-state index contributed by atoms with van der Waals surface area (Å²) in [7, 11) is 0. The first kappa shape index (κ1) is 29.1. The minimum atomic E-state index is -0.276. The molecule has 2 aromatic carbocycles. The summed E-state index contributed by atoms with van der Waals surface area (Å²) in [6.45, 7) is 12.5. The van der Waals surface area contributed by atoms with E-state index >= 15 is 0 Å². The van der Waals surface area contributed by atoms with E-state index in [2.05, 4.69) is 102 Å². The normalized spacial score (nSPS) is 15.6. The van der Waals surface area contributed by atoms with E-state index in [0.29, 0.717) is 0 Å². The lowest BCUT2D eigenvalue weighted by molar-refractivity contribution is 0.200. The first-order valence-electron chi connectivity index (χ1n) is 11.1. The third-order valence-electron chi connectivity index (χ3n) is 5.49. The third kappa shape index (κ3) is 7.94. The van der Waals surface area contributed by atoms with Crippen LogP contribution in [0.25, 0.3) is 0 Å². The Morgan fingerprint density at radius 1 is 0.667 bits per heavy atom. The first-order valence-corrected chi connectivity index (χ1v) is 14.2. The van der Waals surface area contributed by atoms with E-state index in [-0.39, 0.29) is 29.7 Å². The first-order chi connectivity index (χ1) is 15.2. The van der Waals surface area contributed by atoms with Crippen molar-refractivity contribution in [3.05, 3.63) is 53.3 Å². The van der Waals surface area contributed by atoms with Crippen molar-refractivity contribution < 1.29 is 9.47 Å². The van der Waals surface area contributed by atoms with Gasteiger partial charge in [-0.15, -0.1) is 0 Å². The van der Waals surface area contributed by atoms with Gasteiger partial charge in [-0.2, -0.15) is 0 Å².